The van der Waals surface area contributed by atoms with Crippen molar-refractivity contribution in [1.29, 1.82) is 0 Å². The van der Waals surface area contributed by atoms with Gasteiger partial charge in [0, 0.05) is 11.6 Å². The van der Waals surface area contributed by atoms with Crippen molar-refractivity contribution >= 4 is 24.0 Å². The SMILES string of the molecule is CC(OC(=O)/C=C/c1ccc2c(c1)OCO2)C(=O)NC(=O)NC(C)(C)C. The van der Waals surface area contributed by atoms with Gasteiger partial charge >= 0.3 is 12.0 Å². The number of hydrogen-bond acceptors (Lipinski definition) is 6. The average Bonchev–Trinajstić information content (AvgIpc) is 2.98. The van der Waals surface area contributed by atoms with Crippen LogP contribution in [0.2, 0.25) is 0 Å². The standard InChI is InChI=1S/C18H22N2O6/c1-11(16(22)19-17(23)20-18(2,3)4)26-15(21)8-6-12-5-7-13-14(9-12)25-10-24-13/h5-9,11H,10H2,1-4H3,(H2,19,20,22,23)/b8-6+. The number of fused-ring (bicyclic) bond motifs is 1. The fraction of sp³-hybridized carbons (Fsp3) is 0.389. The van der Waals surface area contributed by atoms with Gasteiger partial charge in [-0.25, -0.2) is 9.59 Å². The second kappa shape index (κ2) is 7.90. The summed E-state index contributed by atoms with van der Waals surface area (Å²) < 4.78 is 15.4. The van der Waals surface area contributed by atoms with Gasteiger partial charge in [0.1, 0.15) is 0 Å². The molecule has 1 aromatic rings. The predicted octanol–water partition coefficient (Wildman–Crippen LogP) is 1.98. The molecule has 0 radical (unpaired) electrons. The first-order chi connectivity index (χ1) is 12.1. The van der Waals surface area contributed by atoms with Crippen LogP contribution in [0.4, 0.5) is 4.79 Å². The van der Waals surface area contributed by atoms with E-state index in [9.17, 15) is 14.4 Å². The highest BCUT2D eigenvalue weighted by molar-refractivity contribution is 5.98. The lowest BCUT2D eigenvalue weighted by Crippen LogP contribution is -2.50. The second-order valence-electron chi connectivity index (χ2n) is 6.72. The summed E-state index contributed by atoms with van der Waals surface area (Å²) in [5.74, 6) is -0.181. The minimum atomic E-state index is -1.12. The molecular formula is C18H22N2O6. The van der Waals surface area contributed by atoms with Crippen LogP contribution in [0.25, 0.3) is 6.08 Å². The molecule has 2 N–H and O–H groups in total. The third-order valence-corrected chi connectivity index (χ3v) is 3.20. The summed E-state index contributed by atoms with van der Waals surface area (Å²) in [5.41, 5.74) is 0.227. The number of rotatable bonds is 4. The Bertz CT molecular complexity index is 736. The smallest absolute Gasteiger partial charge is 0.331 e. The Morgan fingerprint density at radius 2 is 1.88 bits per heavy atom. The Kier molecular flexibility index (Phi) is 5.86. The van der Waals surface area contributed by atoms with Gasteiger partial charge in [-0.2, -0.15) is 0 Å². The van der Waals surface area contributed by atoms with Gasteiger partial charge in [0.25, 0.3) is 5.91 Å². The molecule has 26 heavy (non-hydrogen) atoms. The van der Waals surface area contributed by atoms with Gasteiger partial charge in [0.2, 0.25) is 6.79 Å². The number of amides is 3. The van der Waals surface area contributed by atoms with Crippen molar-refractivity contribution in [3.05, 3.63) is 29.8 Å². The van der Waals surface area contributed by atoms with Gasteiger partial charge in [0.05, 0.1) is 0 Å². The summed E-state index contributed by atoms with van der Waals surface area (Å²) >= 11 is 0. The van der Waals surface area contributed by atoms with Crippen molar-refractivity contribution < 1.29 is 28.6 Å². The quantitative estimate of drug-likeness (QED) is 0.627. The highest BCUT2D eigenvalue weighted by Gasteiger charge is 2.21. The van der Waals surface area contributed by atoms with E-state index >= 15 is 0 Å². The van der Waals surface area contributed by atoms with E-state index in [1.807, 2.05) is 0 Å². The first kappa shape index (κ1) is 19.3. The Morgan fingerprint density at radius 1 is 1.19 bits per heavy atom. The van der Waals surface area contributed by atoms with Crippen molar-refractivity contribution in [2.24, 2.45) is 0 Å². The van der Waals surface area contributed by atoms with E-state index in [2.05, 4.69) is 10.6 Å². The van der Waals surface area contributed by atoms with Crippen LogP contribution in [0.5, 0.6) is 11.5 Å². The molecule has 0 spiro atoms. The lowest BCUT2D eigenvalue weighted by molar-refractivity contribution is -0.149. The van der Waals surface area contributed by atoms with Crippen molar-refractivity contribution in [3.8, 4) is 11.5 Å². The number of ether oxygens (including phenoxy) is 3. The molecule has 8 nitrogen and oxygen atoms in total. The zero-order chi connectivity index (χ0) is 19.3. The van der Waals surface area contributed by atoms with E-state index in [1.165, 1.54) is 19.1 Å². The van der Waals surface area contributed by atoms with E-state index in [0.29, 0.717) is 17.1 Å². The number of urea groups is 1. The number of carbonyl (C=O) groups excluding carboxylic acids is 3. The van der Waals surface area contributed by atoms with Gasteiger partial charge in [0.15, 0.2) is 17.6 Å². The number of nitrogens with one attached hydrogen (secondary N) is 2. The molecule has 0 saturated carbocycles. The molecule has 1 aliphatic rings. The molecule has 0 aromatic heterocycles. The Hall–Kier alpha value is -3.03. The molecule has 1 aromatic carbocycles. The van der Waals surface area contributed by atoms with Crippen LogP contribution in [0.15, 0.2) is 24.3 Å². The van der Waals surface area contributed by atoms with Crippen molar-refractivity contribution in [2.45, 2.75) is 39.3 Å². The van der Waals surface area contributed by atoms with Gasteiger partial charge in [-0.1, -0.05) is 6.07 Å². The Morgan fingerprint density at radius 3 is 2.58 bits per heavy atom. The number of esters is 1. The van der Waals surface area contributed by atoms with Crippen molar-refractivity contribution in [2.75, 3.05) is 6.79 Å². The van der Waals surface area contributed by atoms with Crippen LogP contribution in [0.3, 0.4) is 0 Å². The van der Waals surface area contributed by atoms with Gasteiger partial charge in [-0.3, -0.25) is 10.1 Å². The molecule has 3 amide bonds. The van der Waals surface area contributed by atoms with E-state index in [0.717, 1.165) is 0 Å². The summed E-state index contributed by atoms with van der Waals surface area (Å²) in [5, 5.41) is 4.70. The molecule has 1 heterocycles. The molecule has 0 aliphatic carbocycles. The molecule has 0 bridgehead atoms. The summed E-state index contributed by atoms with van der Waals surface area (Å²) in [7, 11) is 0. The molecule has 0 saturated heterocycles. The maximum absolute atomic E-state index is 11.9. The topological polar surface area (TPSA) is 103 Å². The number of benzene rings is 1. The Labute approximate surface area is 151 Å². The van der Waals surface area contributed by atoms with E-state index in [1.54, 1.807) is 39.0 Å². The maximum Gasteiger partial charge on any atom is 0.331 e. The van der Waals surface area contributed by atoms with E-state index < -0.39 is 29.6 Å². The molecule has 140 valence electrons. The molecule has 1 atom stereocenters. The summed E-state index contributed by atoms with van der Waals surface area (Å²) in [6, 6.07) is 4.56. The molecule has 8 heteroatoms. The normalized spacial score (nSPS) is 14.0. The van der Waals surface area contributed by atoms with Crippen LogP contribution in [-0.4, -0.2) is 36.3 Å². The highest BCUT2D eigenvalue weighted by atomic mass is 16.7. The first-order valence-electron chi connectivity index (χ1n) is 8.05. The zero-order valence-corrected chi connectivity index (χ0v) is 15.1. The summed E-state index contributed by atoms with van der Waals surface area (Å²) in [4.78, 5) is 35.4. The zero-order valence-electron chi connectivity index (χ0n) is 15.1. The first-order valence-corrected chi connectivity index (χ1v) is 8.05. The molecule has 1 unspecified atom stereocenters. The minimum absolute atomic E-state index is 0.167. The molecule has 1 aliphatic heterocycles. The van der Waals surface area contributed by atoms with Gasteiger partial charge < -0.3 is 19.5 Å². The van der Waals surface area contributed by atoms with Crippen LogP contribution in [0.1, 0.15) is 33.3 Å². The van der Waals surface area contributed by atoms with Crippen molar-refractivity contribution in [1.82, 2.24) is 10.6 Å². The van der Waals surface area contributed by atoms with Gasteiger partial charge in [-0.15, -0.1) is 0 Å². The minimum Gasteiger partial charge on any atom is -0.454 e. The van der Waals surface area contributed by atoms with E-state index in [-0.39, 0.29) is 6.79 Å². The number of carbonyl (C=O) groups is 3. The molecular weight excluding hydrogens is 340 g/mol. The second-order valence-corrected chi connectivity index (χ2v) is 6.72. The fourth-order valence-corrected chi connectivity index (χ4v) is 2.03. The lowest BCUT2D eigenvalue weighted by Gasteiger charge is -2.21. The Balaban J connectivity index is 1.84. The molecule has 2 rings (SSSR count). The third kappa shape index (κ3) is 5.80. The largest absolute Gasteiger partial charge is 0.454 e. The number of imide groups is 1. The van der Waals surface area contributed by atoms with Crippen LogP contribution in [0, 0.1) is 0 Å². The van der Waals surface area contributed by atoms with Crippen LogP contribution in [-0.2, 0) is 14.3 Å². The van der Waals surface area contributed by atoms with Crippen LogP contribution >= 0.6 is 0 Å². The molecule has 0 fully saturated rings. The maximum atomic E-state index is 11.9. The highest BCUT2D eigenvalue weighted by Crippen LogP contribution is 2.32. The van der Waals surface area contributed by atoms with Crippen LogP contribution < -0.4 is 20.1 Å². The van der Waals surface area contributed by atoms with Crippen molar-refractivity contribution in [3.63, 3.8) is 0 Å². The predicted molar refractivity (Wildman–Crippen MR) is 93.6 cm³/mol. The fourth-order valence-electron chi connectivity index (χ4n) is 2.03. The van der Waals surface area contributed by atoms with E-state index in [4.69, 9.17) is 14.2 Å². The number of hydrogen-bond donors (Lipinski definition) is 2. The summed E-state index contributed by atoms with van der Waals surface area (Å²) in [6.07, 6.45) is 1.60. The van der Waals surface area contributed by atoms with Gasteiger partial charge in [-0.05, 0) is 51.5 Å². The lowest BCUT2D eigenvalue weighted by atomic mass is 10.1. The third-order valence-electron chi connectivity index (χ3n) is 3.20. The monoisotopic (exact) mass is 362 g/mol. The average molecular weight is 362 g/mol. The summed E-state index contributed by atoms with van der Waals surface area (Å²) in [6.45, 7) is 6.89.